The van der Waals surface area contributed by atoms with E-state index in [-0.39, 0.29) is 11.4 Å². The molecule has 0 aromatic carbocycles. The van der Waals surface area contributed by atoms with Gasteiger partial charge in [-0.25, -0.2) is 9.97 Å². The summed E-state index contributed by atoms with van der Waals surface area (Å²) in [6.07, 6.45) is 6.46. The number of aromatic nitrogens is 4. The van der Waals surface area contributed by atoms with E-state index in [0.717, 1.165) is 6.42 Å². The van der Waals surface area contributed by atoms with Crippen molar-refractivity contribution in [3.8, 4) is 11.4 Å². The molecule has 2 aromatic heterocycles. The summed E-state index contributed by atoms with van der Waals surface area (Å²) in [6, 6.07) is 0. The Morgan fingerprint density at radius 3 is 2.79 bits per heavy atom. The minimum absolute atomic E-state index is 0.159. The van der Waals surface area contributed by atoms with Crippen molar-refractivity contribution in [1.29, 1.82) is 0 Å². The third-order valence-electron chi connectivity index (χ3n) is 2.31. The van der Waals surface area contributed by atoms with Crippen molar-refractivity contribution >= 4 is 11.6 Å². The Labute approximate surface area is 109 Å². The van der Waals surface area contributed by atoms with Gasteiger partial charge in [-0.3, -0.25) is 20.1 Å². The molecule has 2 aromatic rings. The molecule has 0 aliphatic carbocycles. The van der Waals surface area contributed by atoms with Crippen LogP contribution >= 0.6 is 0 Å². The molecule has 0 spiro atoms. The Morgan fingerprint density at radius 1 is 1.32 bits per heavy atom. The van der Waals surface area contributed by atoms with Crippen molar-refractivity contribution in [2.45, 2.75) is 13.3 Å². The number of hydrogen-bond acceptors (Lipinski definition) is 7. The normalized spacial score (nSPS) is 10.2. The second-order valence-corrected chi connectivity index (χ2v) is 3.70. The highest BCUT2D eigenvalue weighted by Gasteiger charge is 2.19. The zero-order valence-electron chi connectivity index (χ0n) is 10.3. The molecular weight excluding hydrogens is 248 g/mol. The van der Waals surface area contributed by atoms with Crippen molar-refractivity contribution in [1.82, 2.24) is 19.9 Å². The Bertz CT molecular complexity index is 575. The van der Waals surface area contributed by atoms with E-state index in [9.17, 15) is 10.1 Å². The maximum atomic E-state index is 11.0. The third kappa shape index (κ3) is 2.97. The molecule has 0 saturated carbocycles. The maximum Gasteiger partial charge on any atom is 0.315 e. The van der Waals surface area contributed by atoms with E-state index in [1.807, 2.05) is 6.92 Å². The first kappa shape index (κ1) is 12.8. The fourth-order valence-corrected chi connectivity index (χ4v) is 1.44. The molecule has 8 nitrogen and oxygen atoms in total. The molecule has 0 aliphatic heterocycles. The average molecular weight is 260 g/mol. The van der Waals surface area contributed by atoms with Gasteiger partial charge in [0.1, 0.15) is 11.9 Å². The van der Waals surface area contributed by atoms with Gasteiger partial charge in [0.2, 0.25) is 5.95 Å². The highest BCUT2D eigenvalue weighted by Crippen LogP contribution is 2.25. The topological polar surface area (TPSA) is 107 Å². The summed E-state index contributed by atoms with van der Waals surface area (Å²) in [5, 5.41) is 14.0. The monoisotopic (exact) mass is 260 g/mol. The Morgan fingerprint density at radius 2 is 2.16 bits per heavy atom. The van der Waals surface area contributed by atoms with Gasteiger partial charge in [0.25, 0.3) is 0 Å². The Hall–Kier alpha value is -2.64. The van der Waals surface area contributed by atoms with E-state index in [0.29, 0.717) is 18.2 Å². The van der Waals surface area contributed by atoms with Crippen molar-refractivity contribution in [3.63, 3.8) is 0 Å². The van der Waals surface area contributed by atoms with Crippen LogP contribution in [0.4, 0.5) is 11.6 Å². The molecule has 0 atom stereocenters. The van der Waals surface area contributed by atoms with Crippen LogP contribution in [-0.4, -0.2) is 31.4 Å². The van der Waals surface area contributed by atoms with E-state index in [4.69, 9.17) is 0 Å². The molecule has 0 unspecified atom stereocenters. The molecule has 0 saturated heterocycles. The number of nitro groups is 1. The van der Waals surface area contributed by atoms with E-state index >= 15 is 0 Å². The Balaban J connectivity index is 2.45. The molecule has 2 heterocycles. The van der Waals surface area contributed by atoms with Gasteiger partial charge < -0.3 is 5.32 Å². The van der Waals surface area contributed by atoms with Crippen LogP contribution in [0, 0.1) is 10.1 Å². The first-order valence-electron chi connectivity index (χ1n) is 5.74. The van der Waals surface area contributed by atoms with Gasteiger partial charge in [-0.1, -0.05) is 6.92 Å². The predicted octanol–water partition coefficient (Wildman–Crippen LogP) is 1.66. The number of anilines is 1. The van der Waals surface area contributed by atoms with Gasteiger partial charge in [-0.2, -0.15) is 0 Å². The lowest BCUT2D eigenvalue weighted by molar-refractivity contribution is -0.384. The van der Waals surface area contributed by atoms with Crippen LogP contribution in [0.1, 0.15) is 13.3 Å². The van der Waals surface area contributed by atoms with Crippen LogP contribution in [0.3, 0.4) is 0 Å². The van der Waals surface area contributed by atoms with E-state index in [2.05, 4.69) is 25.3 Å². The molecule has 98 valence electrons. The Kier molecular flexibility index (Phi) is 3.91. The van der Waals surface area contributed by atoms with Gasteiger partial charge in [-0.05, 0) is 6.42 Å². The lowest BCUT2D eigenvalue weighted by Crippen LogP contribution is -2.06. The first-order valence-corrected chi connectivity index (χ1v) is 5.74. The number of nitrogens with one attached hydrogen (secondary N) is 1. The highest BCUT2D eigenvalue weighted by molar-refractivity contribution is 5.65. The summed E-state index contributed by atoms with van der Waals surface area (Å²) in [5.74, 6) is 0.341. The molecule has 1 N–H and O–H groups in total. The maximum absolute atomic E-state index is 11.0. The fourth-order valence-electron chi connectivity index (χ4n) is 1.44. The summed E-state index contributed by atoms with van der Waals surface area (Å²) in [7, 11) is 0. The third-order valence-corrected chi connectivity index (χ3v) is 2.31. The molecular formula is C11H12N6O2. The van der Waals surface area contributed by atoms with Gasteiger partial charge in [0, 0.05) is 18.9 Å². The largest absolute Gasteiger partial charge is 0.354 e. The van der Waals surface area contributed by atoms with Crippen LogP contribution in [-0.2, 0) is 0 Å². The average Bonchev–Trinajstić information content (AvgIpc) is 2.45. The van der Waals surface area contributed by atoms with Gasteiger partial charge in [-0.15, -0.1) is 0 Å². The fraction of sp³-hybridized carbons (Fsp3) is 0.273. The quantitative estimate of drug-likeness (QED) is 0.643. The van der Waals surface area contributed by atoms with Crippen molar-refractivity contribution < 1.29 is 4.92 Å². The summed E-state index contributed by atoms with van der Waals surface area (Å²) >= 11 is 0. The molecule has 0 radical (unpaired) electrons. The zero-order valence-corrected chi connectivity index (χ0v) is 10.3. The minimum atomic E-state index is -0.534. The zero-order chi connectivity index (χ0) is 13.7. The van der Waals surface area contributed by atoms with Crippen LogP contribution in [0.15, 0.2) is 24.8 Å². The lowest BCUT2D eigenvalue weighted by atomic mass is 10.2. The molecule has 0 aliphatic rings. The van der Waals surface area contributed by atoms with E-state index < -0.39 is 4.92 Å². The van der Waals surface area contributed by atoms with Crippen LogP contribution in [0.5, 0.6) is 0 Å². The van der Waals surface area contributed by atoms with Crippen molar-refractivity contribution in [2.24, 2.45) is 0 Å². The van der Waals surface area contributed by atoms with Gasteiger partial charge >= 0.3 is 5.69 Å². The van der Waals surface area contributed by atoms with Crippen LogP contribution in [0.2, 0.25) is 0 Å². The lowest BCUT2D eigenvalue weighted by Gasteiger charge is -2.05. The van der Waals surface area contributed by atoms with Crippen molar-refractivity contribution in [3.05, 3.63) is 34.9 Å². The van der Waals surface area contributed by atoms with E-state index in [1.54, 1.807) is 0 Å². The highest BCUT2D eigenvalue weighted by atomic mass is 16.6. The summed E-state index contributed by atoms with van der Waals surface area (Å²) in [4.78, 5) is 26.4. The summed E-state index contributed by atoms with van der Waals surface area (Å²) < 4.78 is 0. The summed E-state index contributed by atoms with van der Waals surface area (Å²) in [6.45, 7) is 2.69. The number of hydrogen-bond donors (Lipinski definition) is 1. The smallest absolute Gasteiger partial charge is 0.315 e. The molecule has 8 heteroatoms. The SMILES string of the molecule is CCCNc1ncc([N+](=O)[O-])c(-c2cnccn2)n1. The molecule has 0 fully saturated rings. The van der Waals surface area contributed by atoms with Gasteiger partial charge in [0.05, 0.1) is 11.1 Å². The standard InChI is InChI=1S/C11H12N6O2/c1-2-3-14-11-15-7-9(17(18)19)10(16-11)8-6-12-4-5-13-8/h4-7H,2-3H2,1H3,(H,14,15,16). The van der Waals surface area contributed by atoms with Crippen molar-refractivity contribution in [2.75, 3.05) is 11.9 Å². The molecule has 0 amide bonds. The number of nitrogens with zero attached hydrogens (tertiary/aromatic N) is 5. The second kappa shape index (κ2) is 5.80. The predicted molar refractivity (Wildman–Crippen MR) is 68.5 cm³/mol. The second-order valence-electron chi connectivity index (χ2n) is 3.70. The molecule has 19 heavy (non-hydrogen) atoms. The van der Waals surface area contributed by atoms with Crippen LogP contribution in [0.25, 0.3) is 11.4 Å². The van der Waals surface area contributed by atoms with E-state index in [1.165, 1.54) is 24.8 Å². The molecule has 2 rings (SSSR count). The minimum Gasteiger partial charge on any atom is -0.354 e. The first-order chi connectivity index (χ1) is 9.22. The number of rotatable bonds is 5. The van der Waals surface area contributed by atoms with Crippen LogP contribution < -0.4 is 5.32 Å². The molecule has 0 bridgehead atoms. The summed E-state index contributed by atoms with van der Waals surface area (Å²) in [5.41, 5.74) is 0.311. The van der Waals surface area contributed by atoms with Gasteiger partial charge in [0.15, 0.2) is 5.69 Å².